The number of hydrogen-bond donors (Lipinski definition) is 2. The van der Waals surface area contributed by atoms with Gasteiger partial charge in [0.05, 0.1) is 28.4 Å². The minimum Gasteiger partial charge on any atom is -0.468 e. The summed E-state index contributed by atoms with van der Waals surface area (Å²) in [5, 5.41) is 0. The first-order valence-electron chi connectivity index (χ1n) is 15.4. The lowest BCUT2D eigenvalue weighted by molar-refractivity contribution is -0.145. The number of nitrogens with one attached hydrogen (secondary N) is 2. The van der Waals surface area contributed by atoms with Gasteiger partial charge in [-0.15, -0.1) is 0 Å². The van der Waals surface area contributed by atoms with E-state index in [1.807, 2.05) is 13.8 Å². The summed E-state index contributed by atoms with van der Waals surface area (Å²) >= 11 is 6.37. The number of anilines is 1. The average molecular weight is 760 g/mol. The largest absolute Gasteiger partial charge is 0.468 e. The van der Waals surface area contributed by atoms with Crippen LogP contribution in [0, 0.1) is 5.92 Å². The van der Waals surface area contributed by atoms with Gasteiger partial charge in [-0.2, -0.15) is 4.72 Å². The molecule has 0 aromatic heterocycles. The Morgan fingerprint density at radius 1 is 0.920 bits per heavy atom. The van der Waals surface area contributed by atoms with E-state index in [0.29, 0.717) is 27.2 Å². The lowest BCUT2D eigenvalue weighted by atomic mass is 10.1. The molecule has 2 N–H and O–H groups in total. The lowest BCUT2D eigenvalue weighted by Crippen LogP contribution is -2.42. The molecule has 1 aliphatic heterocycles. The average Bonchev–Trinajstić information content (AvgIpc) is 3.35. The number of thioether (sulfide) groups is 1. The van der Waals surface area contributed by atoms with Crippen molar-refractivity contribution < 1.29 is 40.7 Å². The van der Waals surface area contributed by atoms with Gasteiger partial charge < -0.3 is 9.47 Å². The maximum Gasteiger partial charge on any atom is 0.326 e. The van der Waals surface area contributed by atoms with Crippen molar-refractivity contribution in [2.45, 2.75) is 49.9 Å². The van der Waals surface area contributed by atoms with Crippen molar-refractivity contribution in [2.24, 2.45) is 5.92 Å². The van der Waals surface area contributed by atoms with Gasteiger partial charge in [-0.1, -0.05) is 74.2 Å². The predicted molar refractivity (Wildman–Crippen MR) is 196 cm³/mol. The number of hydrogen-bond acceptors (Lipinski definition) is 11. The van der Waals surface area contributed by atoms with Crippen molar-refractivity contribution in [2.75, 3.05) is 25.0 Å². The third kappa shape index (κ3) is 9.37. The Labute approximate surface area is 301 Å². The van der Waals surface area contributed by atoms with Gasteiger partial charge in [0.15, 0.2) is 0 Å². The number of sulfonamides is 2. The molecule has 0 radical (unpaired) electrons. The molecule has 1 saturated heterocycles. The number of rotatable bonds is 14. The zero-order valence-corrected chi connectivity index (χ0v) is 31.2. The quantitative estimate of drug-likeness (QED) is 0.127. The van der Waals surface area contributed by atoms with Crippen LogP contribution in [0.4, 0.5) is 5.69 Å². The molecule has 0 unspecified atom stereocenters. The molecule has 1 fully saturated rings. The Bertz CT molecular complexity index is 2030. The second kappa shape index (κ2) is 16.3. The molecular formula is C34H37N3O9S4. The van der Waals surface area contributed by atoms with E-state index in [9.17, 15) is 31.2 Å². The molecule has 3 aromatic rings. The first-order chi connectivity index (χ1) is 23.6. The zero-order chi connectivity index (χ0) is 36.8. The van der Waals surface area contributed by atoms with E-state index in [2.05, 4.69) is 9.44 Å². The van der Waals surface area contributed by atoms with Gasteiger partial charge in [0.25, 0.3) is 15.9 Å². The van der Waals surface area contributed by atoms with Gasteiger partial charge in [0.2, 0.25) is 10.0 Å². The number of nitrogens with zero attached hydrogens (tertiary/aromatic N) is 1. The van der Waals surface area contributed by atoms with Gasteiger partial charge in [0, 0.05) is 5.69 Å². The predicted octanol–water partition coefficient (Wildman–Crippen LogP) is 5.17. The van der Waals surface area contributed by atoms with Gasteiger partial charge in [-0.3, -0.25) is 24.0 Å². The summed E-state index contributed by atoms with van der Waals surface area (Å²) in [6.07, 6.45) is 0.269. The number of ether oxygens (including phenoxy) is 2. The highest BCUT2D eigenvalue weighted by atomic mass is 32.2. The summed E-state index contributed by atoms with van der Waals surface area (Å²) in [5.41, 5.74) is 2.70. The van der Waals surface area contributed by atoms with Gasteiger partial charge in [-0.05, 0) is 84.8 Å². The summed E-state index contributed by atoms with van der Waals surface area (Å²) in [4.78, 5) is 38.6. The number of benzene rings is 3. The van der Waals surface area contributed by atoms with Crippen LogP contribution in [0.25, 0.3) is 16.7 Å². The molecule has 1 amide bonds. The van der Waals surface area contributed by atoms with Crippen molar-refractivity contribution in [1.29, 1.82) is 0 Å². The number of thiocarbonyl (C=S) groups is 1. The number of amides is 1. The highest BCUT2D eigenvalue weighted by Crippen LogP contribution is 2.37. The molecule has 0 spiro atoms. The monoisotopic (exact) mass is 759 g/mol. The van der Waals surface area contributed by atoms with Crippen LogP contribution < -0.4 is 9.44 Å². The van der Waals surface area contributed by atoms with Crippen LogP contribution in [0.3, 0.4) is 0 Å². The van der Waals surface area contributed by atoms with E-state index >= 15 is 0 Å². The fourth-order valence-electron chi connectivity index (χ4n) is 4.98. The Morgan fingerprint density at radius 3 is 2.04 bits per heavy atom. The van der Waals surface area contributed by atoms with E-state index in [-0.39, 0.29) is 45.3 Å². The van der Waals surface area contributed by atoms with E-state index in [0.717, 1.165) is 11.8 Å². The number of methoxy groups -OCH3 is 1. The molecule has 0 aliphatic carbocycles. The molecule has 3 aromatic carbocycles. The van der Waals surface area contributed by atoms with E-state index in [4.69, 9.17) is 21.7 Å². The summed E-state index contributed by atoms with van der Waals surface area (Å²) in [6, 6.07) is 17.6. The molecule has 4 rings (SSSR count). The Hall–Kier alpha value is -4.09. The maximum absolute atomic E-state index is 13.3. The van der Waals surface area contributed by atoms with Gasteiger partial charge in [0.1, 0.15) is 16.9 Å². The number of allylic oxidation sites excluding steroid dienone is 1. The van der Waals surface area contributed by atoms with E-state index in [1.165, 1.54) is 36.3 Å². The van der Waals surface area contributed by atoms with Crippen LogP contribution in [-0.4, -0.2) is 70.2 Å². The minimum absolute atomic E-state index is 0.00869. The van der Waals surface area contributed by atoms with Crippen LogP contribution in [0.5, 0.6) is 0 Å². The fraction of sp³-hybridized carbons (Fsp3) is 0.294. The lowest BCUT2D eigenvalue weighted by Gasteiger charge is -2.18. The van der Waals surface area contributed by atoms with Crippen LogP contribution in [0.2, 0.25) is 0 Å². The smallest absolute Gasteiger partial charge is 0.326 e. The Kier molecular flexibility index (Phi) is 12.6. The molecule has 0 saturated carbocycles. The Morgan fingerprint density at radius 2 is 1.50 bits per heavy atom. The topological polar surface area (TPSA) is 165 Å². The van der Waals surface area contributed by atoms with Crippen molar-refractivity contribution in [3.63, 3.8) is 0 Å². The van der Waals surface area contributed by atoms with E-state index < -0.39 is 43.9 Å². The molecule has 1 atom stereocenters. The third-order valence-corrected chi connectivity index (χ3v) is 11.9. The SMILES string of the molecule is CCOC(=O)CN1C(=O)/C(=C(\C)c2cccc(NS(=O)(=O)c3ccc(-c4ccc(S(=O)(=O)N[C@@H](CC(C)C)C(=O)OC)cc4)cc3)c2)SC1=S. The van der Waals surface area contributed by atoms with Crippen LogP contribution >= 0.6 is 24.0 Å². The van der Waals surface area contributed by atoms with E-state index in [1.54, 1.807) is 62.4 Å². The summed E-state index contributed by atoms with van der Waals surface area (Å²) in [7, 11) is -6.85. The fourth-order valence-corrected chi connectivity index (χ4v) is 8.52. The second-order valence-corrected chi connectivity index (χ2v) is 16.6. The molecule has 1 heterocycles. The molecule has 266 valence electrons. The standard InChI is InChI=1S/C34H37N3O9S4/c1-6-46-30(38)20-37-32(39)31(48-34(37)47)22(4)25-8-7-9-26(19-25)35-49(41,42)27-14-10-23(11-15-27)24-12-16-28(17-13-24)50(43,44)36-29(18-21(2)3)33(40)45-5/h7-17,19,21,29,35-36H,6,18,20H2,1-5H3/b31-22-/t29-/m0/s1. The highest BCUT2D eigenvalue weighted by Gasteiger charge is 2.35. The van der Waals surface area contributed by atoms with Crippen molar-refractivity contribution in [3.05, 3.63) is 83.3 Å². The Balaban J connectivity index is 1.47. The number of esters is 2. The van der Waals surface area contributed by atoms with Crippen LogP contribution in [0.15, 0.2) is 87.5 Å². The van der Waals surface area contributed by atoms with Crippen LogP contribution in [-0.2, 0) is 43.9 Å². The highest BCUT2D eigenvalue weighted by molar-refractivity contribution is 8.26. The van der Waals surface area contributed by atoms with Crippen molar-refractivity contribution >= 4 is 77.5 Å². The molecule has 12 nitrogen and oxygen atoms in total. The van der Waals surface area contributed by atoms with Crippen molar-refractivity contribution in [3.8, 4) is 11.1 Å². The minimum atomic E-state index is -4.03. The molecule has 16 heteroatoms. The van der Waals surface area contributed by atoms with Gasteiger partial charge in [-0.25, -0.2) is 16.8 Å². The maximum atomic E-state index is 13.3. The summed E-state index contributed by atoms with van der Waals surface area (Å²) < 4.78 is 67.5. The molecular weight excluding hydrogens is 723 g/mol. The molecule has 1 aliphatic rings. The molecule has 50 heavy (non-hydrogen) atoms. The normalized spacial score (nSPS) is 15.2. The number of carbonyl (C=O) groups is 3. The van der Waals surface area contributed by atoms with Crippen molar-refractivity contribution in [1.82, 2.24) is 9.62 Å². The molecule has 0 bridgehead atoms. The first kappa shape index (κ1) is 38.7. The first-order valence-corrected chi connectivity index (χ1v) is 19.6. The second-order valence-electron chi connectivity index (χ2n) is 11.6. The van der Waals surface area contributed by atoms with Crippen LogP contribution in [0.1, 0.15) is 39.7 Å². The zero-order valence-electron chi connectivity index (χ0n) is 28.0. The summed E-state index contributed by atoms with van der Waals surface area (Å²) in [5.74, 6) is -1.63. The van der Waals surface area contributed by atoms with Gasteiger partial charge >= 0.3 is 11.9 Å². The third-order valence-electron chi connectivity index (χ3n) is 7.48. The number of carbonyl (C=O) groups excluding carboxylic acids is 3. The summed E-state index contributed by atoms with van der Waals surface area (Å²) in [6.45, 7) is 7.00.